The first-order valence-corrected chi connectivity index (χ1v) is 9.47. The van der Waals surface area contributed by atoms with Gasteiger partial charge in [-0.15, -0.1) is 0 Å². The molecule has 0 radical (unpaired) electrons. The first kappa shape index (κ1) is 18.7. The van der Waals surface area contributed by atoms with E-state index >= 15 is 0 Å². The van der Waals surface area contributed by atoms with Crippen LogP contribution in [0.15, 0.2) is 35.4 Å². The van der Waals surface area contributed by atoms with E-state index in [1.165, 1.54) is 0 Å². The predicted octanol–water partition coefficient (Wildman–Crippen LogP) is 2.53. The van der Waals surface area contributed by atoms with E-state index in [9.17, 15) is 8.42 Å². The van der Waals surface area contributed by atoms with Crippen LogP contribution in [-0.2, 0) is 17.1 Å². The lowest BCUT2D eigenvalue weighted by atomic mass is 10.1. The average molecular weight is 350 g/mol. The van der Waals surface area contributed by atoms with Gasteiger partial charge in [-0.3, -0.25) is 4.90 Å². The Hall–Kier alpha value is -1.63. The lowest BCUT2D eigenvalue weighted by Crippen LogP contribution is -2.35. The van der Waals surface area contributed by atoms with Crippen molar-refractivity contribution in [3.63, 3.8) is 0 Å². The number of rotatable bonds is 6. The zero-order chi connectivity index (χ0) is 18.1. The van der Waals surface area contributed by atoms with E-state index in [-0.39, 0.29) is 6.04 Å². The van der Waals surface area contributed by atoms with Crippen molar-refractivity contribution in [2.24, 2.45) is 7.05 Å². The summed E-state index contributed by atoms with van der Waals surface area (Å²) in [4.78, 5) is 2.41. The minimum Gasteiger partial charge on any atom is -0.353 e. The first-order chi connectivity index (χ1) is 11.1. The molecule has 2 aromatic rings. The summed E-state index contributed by atoms with van der Waals surface area (Å²) in [7, 11) is 2.32. The minimum atomic E-state index is -3.56. The topological polar surface area (TPSA) is 54.3 Å². The smallest absolute Gasteiger partial charge is 0.241 e. The number of hydrogen-bond acceptors (Lipinski definition) is 3. The van der Waals surface area contributed by atoms with Gasteiger partial charge in [0.2, 0.25) is 10.0 Å². The van der Waals surface area contributed by atoms with Crippen LogP contribution in [0.4, 0.5) is 0 Å². The Kier molecular flexibility index (Phi) is 5.52. The quantitative estimate of drug-likeness (QED) is 0.872. The zero-order valence-electron chi connectivity index (χ0n) is 15.3. The summed E-state index contributed by atoms with van der Waals surface area (Å²) in [6.45, 7) is 5.98. The molecule has 0 fully saturated rings. The molecule has 1 aromatic heterocycles. The summed E-state index contributed by atoms with van der Waals surface area (Å²) in [6, 6.07) is 7.76. The van der Waals surface area contributed by atoms with Crippen LogP contribution in [-0.4, -0.2) is 38.5 Å². The Balaban J connectivity index is 2.28. The molecule has 0 saturated heterocycles. The van der Waals surface area contributed by atoms with Gasteiger partial charge in [-0.25, -0.2) is 13.1 Å². The maximum Gasteiger partial charge on any atom is 0.241 e. The summed E-state index contributed by atoms with van der Waals surface area (Å²) < 4.78 is 30.5. The van der Waals surface area contributed by atoms with Crippen LogP contribution in [0.25, 0.3) is 0 Å². The van der Waals surface area contributed by atoms with Crippen molar-refractivity contribution in [3.8, 4) is 0 Å². The van der Waals surface area contributed by atoms with Crippen molar-refractivity contribution in [1.29, 1.82) is 0 Å². The van der Waals surface area contributed by atoms with Gasteiger partial charge in [0.15, 0.2) is 0 Å². The van der Waals surface area contributed by atoms with Gasteiger partial charge in [-0.1, -0.05) is 17.7 Å². The molecule has 1 atom stereocenters. The molecule has 1 aromatic carbocycles. The maximum absolute atomic E-state index is 12.8. The second-order valence-electron chi connectivity index (χ2n) is 6.60. The van der Waals surface area contributed by atoms with E-state index in [1.54, 1.807) is 0 Å². The molecule has 0 aliphatic rings. The highest BCUT2D eigenvalue weighted by Gasteiger charge is 2.23. The van der Waals surface area contributed by atoms with Gasteiger partial charge in [0.1, 0.15) is 0 Å². The number of aromatic nitrogens is 1. The normalized spacial score (nSPS) is 13.5. The fraction of sp³-hybridized carbons (Fsp3) is 0.444. The SMILES string of the molecule is Cc1cc(C)c(S(=O)(=O)NCC(c2cccn2C)N(C)C)c(C)c1. The summed E-state index contributed by atoms with van der Waals surface area (Å²) in [5.74, 6) is 0. The van der Waals surface area contributed by atoms with E-state index in [1.807, 2.05) is 81.8 Å². The second-order valence-corrected chi connectivity index (χ2v) is 8.31. The zero-order valence-corrected chi connectivity index (χ0v) is 16.1. The number of likely N-dealkylation sites (N-methyl/N-ethyl adjacent to an activating group) is 1. The van der Waals surface area contributed by atoms with Crippen LogP contribution in [0.5, 0.6) is 0 Å². The summed E-state index contributed by atoms with van der Waals surface area (Å²) in [6.07, 6.45) is 1.97. The molecule has 0 aliphatic carbocycles. The summed E-state index contributed by atoms with van der Waals surface area (Å²) in [5.41, 5.74) is 3.69. The van der Waals surface area contributed by atoms with Gasteiger partial charge in [0, 0.05) is 25.5 Å². The molecule has 0 spiro atoms. The molecule has 5 nitrogen and oxygen atoms in total. The van der Waals surface area contributed by atoms with E-state index in [4.69, 9.17) is 0 Å². The van der Waals surface area contributed by atoms with Gasteiger partial charge in [0.25, 0.3) is 0 Å². The molecule has 6 heteroatoms. The van der Waals surface area contributed by atoms with Crippen LogP contribution in [0.2, 0.25) is 0 Å². The fourth-order valence-corrected chi connectivity index (χ4v) is 4.71. The predicted molar refractivity (Wildman–Crippen MR) is 97.7 cm³/mol. The fourth-order valence-electron chi connectivity index (χ4n) is 3.22. The Bertz CT molecular complexity index is 800. The molecule has 2 rings (SSSR count). The lowest BCUT2D eigenvalue weighted by molar-refractivity contribution is 0.289. The molecule has 0 bridgehead atoms. The molecule has 1 heterocycles. The first-order valence-electron chi connectivity index (χ1n) is 7.98. The Morgan fingerprint density at radius 2 is 1.75 bits per heavy atom. The monoisotopic (exact) mass is 349 g/mol. The van der Waals surface area contributed by atoms with Gasteiger partial charge in [0.05, 0.1) is 10.9 Å². The van der Waals surface area contributed by atoms with Gasteiger partial charge >= 0.3 is 0 Å². The second kappa shape index (κ2) is 7.09. The largest absolute Gasteiger partial charge is 0.353 e. The van der Waals surface area contributed by atoms with Gasteiger partial charge in [-0.05, 0) is 58.1 Å². The van der Waals surface area contributed by atoms with Crippen molar-refractivity contribution in [1.82, 2.24) is 14.2 Å². The molecular formula is C18H27N3O2S. The number of aryl methyl sites for hydroxylation is 4. The van der Waals surface area contributed by atoms with E-state index in [0.29, 0.717) is 11.4 Å². The molecule has 24 heavy (non-hydrogen) atoms. The lowest BCUT2D eigenvalue weighted by Gasteiger charge is -2.25. The third-order valence-corrected chi connectivity index (χ3v) is 6.02. The third-order valence-electron chi connectivity index (χ3n) is 4.29. The third kappa shape index (κ3) is 3.88. The minimum absolute atomic E-state index is 0.0363. The van der Waals surface area contributed by atoms with Crippen LogP contribution in [0, 0.1) is 20.8 Å². The highest BCUT2D eigenvalue weighted by molar-refractivity contribution is 7.89. The Morgan fingerprint density at radius 1 is 1.17 bits per heavy atom. The average Bonchev–Trinajstić information content (AvgIpc) is 2.83. The molecule has 1 N–H and O–H groups in total. The molecule has 0 aliphatic heterocycles. The number of hydrogen-bond donors (Lipinski definition) is 1. The van der Waals surface area contributed by atoms with E-state index < -0.39 is 10.0 Å². The summed E-state index contributed by atoms with van der Waals surface area (Å²) >= 11 is 0. The molecule has 132 valence electrons. The van der Waals surface area contributed by atoms with Crippen molar-refractivity contribution < 1.29 is 8.42 Å². The highest BCUT2D eigenvalue weighted by Crippen LogP contribution is 2.23. The van der Waals surface area contributed by atoms with Gasteiger partial charge in [-0.2, -0.15) is 0 Å². The Labute approximate surface area is 145 Å². The van der Waals surface area contributed by atoms with Crippen LogP contribution in [0.3, 0.4) is 0 Å². The van der Waals surface area contributed by atoms with Crippen molar-refractivity contribution in [3.05, 3.63) is 52.8 Å². The molecule has 1 unspecified atom stereocenters. The number of sulfonamides is 1. The van der Waals surface area contributed by atoms with Crippen molar-refractivity contribution >= 4 is 10.0 Å². The number of nitrogens with zero attached hydrogens (tertiary/aromatic N) is 2. The van der Waals surface area contributed by atoms with E-state index in [0.717, 1.165) is 22.4 Å². The highest BCUT2D eigenvalue weighted by atomic mass is 32.2. The van der Waals surface area contributed by atoms with Crippen LogP contribution in [0.1, 0.15) is 28.4 Å². The summed E-state index contributed by atoms with van der Waals surface area (Å²) in [5, 5.41) is 0. The van der Waals surface area contributed by atoms with Gasteiger partial charge < -0.3 is 4.57 Å². The number of benzene rings is 1. The van der Waals surface area contributed by atoms with Crippen molar-refractivity contribution in [2.75, 3.05) is 20.6 Å². The molecule has 0 saturated carbocycles. The standard InChI is InChI=1S/C18H27N3O2S/c1-13-10-14(2)18(15(3)11-13)24(22,23)19-12-17(20(4)5)16-8-7-9-21(16)6/h7-11,17,19H,12H2,1-6H3. The molecule has 0 amide bonds. The maximum atomic E-state index is 12.8. The van der Waals surface area contributed by atoms with Crippen molar-refractivity contribution in [2.45, 2.75) is 31.7 Å². The van der Waals surface area contributed by atoms with E-state index in [2.05, 4.69) is 4.72 Å². The number of nitrogens with one attached hydrogen (secondary N) is 1. The van der Waals surface area contributed by atoms with Crippen LogP contribution >= 0.6 is 0 Å². The Morgan fingerprint density at radius 3 is 2.21 bits per heavy atom. The molecular weight excluding hydrogens is 322 g/mol. The van der Waals surface area contributed by atoms with Crippen LogP contribution < -0.4 is 4.72 Å².